The number of nitrogens with zero attached hydrogens (tertiary/aromatic N) is 1. The second kappa shape index (κ2) is 7.69. The van der Waals surface area contributed by atoms with E-state index in [0.717, 1.165) is 10.4 Å². The zero-order valence-corrected chi connectivity index (χ0v) is 16.0. The number of aromatic nitrogens is 1. The van der Waals surface area contributed by atoms with Gasteiger partial charge in [0.1, 0.15) is 5.82 Å². The molecule has 2 aromatic carbocycles. The molecular weight excluding hydrogens is 403 g/mol. The Morgan fingerprint density at radius 3 is 2.86 bits per heavy atom. The molecule has 3 aromatic rings. The van der Waals surface area contributed by atoms with Crippen molar-refractivity contribution in [2.45, 2.75) is 18.9 Å². The fourth-order valence-corrected chi connectivity index (χ4v) is 3.92. The third kappa shape index (κ3) is 4.05. The summed E-state index contributed by atoms with van der Waals surface area (Å²) in [6.45, 7) is 0. The van der Waals surface area contributed by atoms with Gasteiger partial charge in [-0.05, 0) is 41.5 Å². The molecule has 0 aliphatic carbocycles. The van der Waals surface area contributed by atoms with Gasteiger partial charge < -0.3 is 4.74 Å². The molecule has 1 aliphatic rings. The zero-order chi connectivity index (χ0) is 19.7. The van der Waals surface area contributed by atoms with Crippen LogP contribution in [-0.2, 0) is 22.4 Å². The fourth-order valence-electron chi connectivity index (χ4n) is 2.95. The Bertz CT molecular complexity index is 1050. The molecule has 0 spiro atoms. The smallest absolute Gasteiger partial charge is 0.339 e. The lowest BCUT2D eigenvalue weighted by atomic mass is 9.98. The number of anilines is 1. The Morgan fingerprint density at radius 2 is 2.07 bits per heavy atom. The summed E-state index contributed by atoms with van der Waals surface area (Å²) in [6, 6.07) is 11.3. The van der Waals surface area contributed by atoms with Crippen LogP contribution in [0.2, 0.25) is 5.02 Å². The quantitative estimate of drug-likeness (QED) is 0.646. The number of cyclic esters (lactones) is 1. The van der Waals surface area contributed by atoms with Gasteiger partial charge in [0.05, 0.1) is 5.56 Å². The molecule has 142 valence electrons. The van der Waals surface area contributed by atoms with Gasteiger partial charge in [-0.2, -0.15) is 0 Å². The van der Waals surface area contributed by atoms with Crippen molar-refractivity contribution in [3.8, 4) is 0 Å². The van der Waals surface area contributed by atoms with Gasteiger partial charge in [-0.3, -0.25) is 10.1 Å². The van der Waals surface area contributed by atoms with E-state index in [1.807, 2.05) is 24.3 Å². The van der Waals surface area contributed by atoms with Crippen molar-refractivity contribution in [1.29, 1.82) is 0 Å². The second-order valence-electron chi connectivity index (χ2n) is 6.32. The van der Waals surface area contributed by atoms with Crippen LogP contribution >= 0.6 is 22.9 Å². The molecule has 1 amide bonds. The predicted molar refractivity (Wildman–Crippen MR) is 104 cm³/mol. The maximum Gasteiger partial charge on any atom is 0.339 e. The molecule has 28 heavy (non-hydrogen) atoms. The molecule has 8 heteroatoms. The van der Waals surface area contributed by atoms with Gasteiger partial charge in [-0.15, -0.1) is 11.3 Å². The zero-order valence-electron chi connectivity index (χ0n) is 14.4. The van der Waals surface area contributed by atoms with Crippen LogP contribution in [0.3, 0.4) is 0 Å². The number of nitrogens with one attached hydrogen (secondary N) is 1. The molecule has 1 aromatic heterocycles. The second-order valence-corrected chi connectivity index (χ2v) is 7.88. The standard InChI is InChI=1S/C20H14ClFN2O3S/c21-13-3-1-11(2-4-13)7-15-10-23-20(28-15)24-18(25)17-9-12-8-14(22)5-6-16(12)19(26)27-17/h1-6,8,10,17H,7,9H2,(H,23,24,25). The van der Waals surface area contributed by atoms with Crippen LogP contribution in [0, 0.1) is 5.82 Å². The van der Waals surface area contributed by atoms with E-state index >= 15 is 0 Å². The van der Waals surface area contributed by atoms with Crippen LogP contribution in [0.25, 0.3) is 0 Å². The van der Waals surface area contributed by atoms with Crippen LogP contribution in [0.5, 0.6) is 0 Å². The van der Waals surface area contributed by atoms with Crippen LogP contribution in [-0.4, -0.2) is 23.0 Å². The Hall–Kier alpha value is -2.77. The molecule has 5 nitrogen and oxygen atoms in total. The van der Waals surface area contributed by atoms with Gasteiger partial charge in [0.2, 0.25) is 0 Å². The molecule has 4 rings (SSSR count). The van der Waals surface area contributed by atoms with E-state index in [9.17, 15) is 14.0 Å². The number of halogens is 2. The Kier molecular flexibility index (Phi) is 5.11. The van der Waals surface area contributed by atoms with Crippen molar-refractivity contribution in [3.05, 3.63) is 81.1 Å². The maximum absolute atomic E-state index is 13.4. The molecule has 0 bridgehead atoms. The van der Waals surface area contributed by atoms with Crippen molar-refractivity contribution < 1.29 is 18.7 Å². The number of fused-ring (bicyclic) bond motifs is 1. The summed E-state index contributed by atoms with van der Waals surface area (Å²) in [5.74, 6) is -1.58. The van der Waals surface area contributed by atoms with E-state index in [-0.39, 0.29) is 12.0 Å². The van der Waals surface area contributed by atoms with Crippen molar-refractivity contribution in [1.82, 2.24) is 4.98 Å². The van der Waals surface area contributed by atoms with Crippen LogP contribution < -0.4 is 5.32 Å². The lowest BCUT2D eigenvalue weighted by Crippen LogP contribution is -2.38. The van der Waals surface area contributed by atoms with Crippen LogP contribution in [0.4, 0.5) is 9.52 Å². The molecule has 0 saturated carbocycles. The monoisotopic (exact) mass is 416 g/mol. The highest BCUT2D eigenvalue weighted by Gasteiger charge is 2.32. The molecule has 0 radical (unpaired) electrons. The summed E-state index contributed by atoms with van der Waals surface area (Å²) in [5.41, 5.74) is 1.81. The lowest BCUT2D eigenvalue weighted by molar-refractivity contribution is -0.125. The minimum atomic E-state index is -1.02. The number of hydrogen-bond acceptors (Lipinski definition) is 5. The Morgan fingerprint density at radius 1 is 1.29 bits per heavy atom. The summed E-state index contributed by atoms with van der Waals surface area (Å²) < 4.78 is 18.6. The third-order valence-corrected chi connectivity index (χ3v) is 5.47. The summed E-state index contributed by atoms with van der Waals surface area (Å²) in [4.78, 5) is 29.7. The van der Waals surface area contributed by atoms with Crippen molar-refractivity contribution in [2.75, 3.05) is 5.32 Å². The number of ether oxygens (including phenoxy) is 1. The third-order valence-electron chi connectivity index (χ3n) is 4.31. The molecule has 1 N–H and O–H groups in total. The van der Waals surface area contributed by atoms with Crippen molar-refractivity contribution >= 4 is 39.9 Å². The first kappa shape index (κ1) is 18.6. The highest BCUT2D eigenvalue weighted by molar-refractivity contribution is 7.15. The van der Waals surface area contributed by atoms with Crippen LogP contribution in [0.1, 0.15) is 26.4 Å². The van der Waals surface area contributed by atoms with Gasteiger partial charge in [0, 0.05) is 28.9 Å². The number of thiazole rings is 1. The molecule has 1 unspecified atom stereocenters. The highest BCUT2D eigenvalue weighted by Crippen LogP contribution is 2.25. The molecule has 1 aliphatic heterocycles. The minimum Gasteiger partial charge on any atom is -0.448 e. The summed E-state index contributed by atoms with van der Waals surface area (Å²) in [7, 11) is 0. The first-order valence-corrected chi connectivity index (χ1v) is 9.67. The SMILES string of the molecule is O=C1OC(C(=O)Nc2ncc(Cc3ccc(Cl)cc3)s2)Cc2cc(F)ccc21. The number of rotatable bonds is 4. The normalized spacial score (nSPS) is 15.6. The average molecular weight is 417 g/mol. The van der Waals surface area contributed by atoms with Gasteiger partial charge in [-0.25, -0.2) is 14.2 Å². The summed E-state index contributed by atoms with van der Waals surface area (Å²) >= 11 is 7.22. The fraction of sp³-hybridized carbons (Fsp3) is 0.150. The predicted octanol–water partition coefficient (Wildman–Crippen LogP) is 4.25. The van der Waals surface area contributed by atoms with E-state index in [1.54, 1.807) is 6.20 Å². The molecule has 2 heterocycles. The van der Waals surface area contributed by atoms with Gasteiger partial charge in [-0.1, -0.05) is 23.7 Å². The first-order valence-electron chi connectivity index (χ1n) is 8.47. The van der Waals surface area contributed by atoms with E-state index in [0.29, 0.717) is 22.1 Å². The number of esters is 1. The summed E-state index contributed by atoms with van der Waals surface area (Å²) in [5, 5.41) is 3.75. The Balaban J connectivity index is 1.42. The minimum absolute atomic E-state index is 0.119. The number of carbonyl (C=O) groups is 2. The summed E-state index contributed by atoms with van der Waals surface area (Å²) in [6.07, 6.45) is 1.45. The van der Waals surface area contributed by atoms with Gasteiger partial charge >= 0.3 is 5.97 Å². The largest absolute Gasteiger partial charge is 0.448 e. The van der Waals surface area contributed by atoms with Gasteiger partial charge in [0.15, 0.2) is 11.2 Å². The van der Waals surface area contributed by atoms with Gasteiger partial charge in [0.25, 0.3) is 5.91 Å². The van der Waals surface area contributed by atoms with E-state index in [2.05, 4.69) is 10.3 Å². The van der Waals surface area contributed by atoms with E-state index in [1.165, 1.54) is 29.5 Å². The van der Waals surface area contributed by atoms with Crippen molar-refractivity contribution in [3.63, 3.8) is 0 Å². The number of hydrogen-bond donors (Lipinski definition) is 1. The average Bonchev–Trinajstić information content (AvgIpc) is 3.10. The molecule has 0 saturated heterocycles. The highest BCUT2D eigenvalue weighted by atomic mass is 35.5. The van der Waals surface area contributed by atoms with Crippen LogP contribution in [0.15, 0.2) is 48.7 Å². The van der Waals surface area contributed by atoms with E-state index in [4.69, 9.17) is 16.3 Å². The van der Waals surface area contributed by atoms with Crippen molar-refractivity contribution in [2.24, 2.45) is 0 Å². The number of benzene rings is 2. The number of carbonyl (C=O) groups excluding carboxylic acids is 2. The topological polar surface area (TPSA) is 68.3 Å². The molecule has 1 atom stereocenters. The number of amides is 1. The lowest BCUT2D eigenvalue weighted by Gasteiger charge is -2.23. The Labute approximate surface area is 169 Å². The molecule has 0 fully saturated rings. The maximum atomic E-state index is 13.4. The first-order chi connectivity index (χ1) is 13.5. The molecular formula is C20H14ClFN2O3S. The van der Waals surface area contributed by atoms with E-state index < -0.39 is 23.8 Å².